The zero-order valence-corrected chi connectivity index (χ0v) is 23.8. The first-order chi connectivity index (χ1) is 19.0. The molecule has 40 heavy (non-hydrogen) atoms. The van der Waals surface area contributed by atoms with Gasteiger partial charge in [0.1, 0.15) is 24.6 Å². The van der Waals surface area contributed by atoms with E-state index in [1.165, 1.54) is 12.2 Å². The lowest BCUT2D eigenvalue weighted by molar-refractivity contribution is -0.155. The number of carbonyl (C=O) groups is 3. The number of fused-ring (bicyclic) bond motifs is 2. The van der Waals surface area contributed by atoms with E-state index >= 15 is 0 Å². The molecular formula is C29H43FN4O6. The van der Waals surface area contributed by atoms with Crippen LogP contribution in [-0.2, 0) is 20.7 Å². The van der Waals surface area contributed by atoms with E-state index in [0.717, 1.165) is 6.26 Å². The van der Waals surface area contributed by atoms with Crippen LogP contribution in [0.5, 0.6) is 0 Å². The summed E-state index contributed by atoms with van der Waals surface area (Å²) in [7, 11) is 0. The molecule has 0 saturated heterocycles. The molecule has 2 heterocycles. The Hall–Kier alpha value is -3.31. The fourth-order valence-corrected chi connectivity index (χ4v) is 4.32. The van der Waals surface area contributed by atoms with Crippen LogP contribution in [0.3, 0.4) is 0 Å². The van der Waals surface area contributed by atoms with E-state index in [0.29, 0.717) is 31.4 Å². The summed E-state index contributed by atoms with van der Waals surface area (Å²) in [6.07, 6.45) is 7.18. The summed E-state index contributed by atoms with van der Waals surface area (Å²) in [6.45, 7) is 8.11. The maximum absolute atomic E-state index is 14.6. The zero-order chi connectivity index (χ0) is 29.7. The Balaban J connectivity index is 2.32. The van der Waals surface area contributed by atoms with Crippen molar-refractivity contribution in [1.29, 1.82) is 0 Å². The van der Waals surface area contributed by atoms with Gasteiger partial charge >= 0.3 is 5.97 Å². The number of aliphatic hydroxyl groups is 1. The summed E-state index contributed by atoms with van der Waals surface area (Å²) in [5, 5.41) is 15.6. The molecule has 0 aromatic carbocycles. The van der Waals surface area contributed by atoms with Crippen molar-refractivity contribution < 1.29 is 33.0 Å². The van der Waals surface area contributed by atoms with Gasteiger partial charge in [-0.3, -0.25) is 9.59 Å². The largest absolute Gasteiger partial charge is 0.460 e. The second kappa shape index (κ2) is 16.7. The zero-order valence-electron chi connectivity index (χ0n) is 23.8. The lowest BCUT2D eigenvalue weighted by atomic mass is 9.94. The molecule has 0 fully saturated rings. The summed E-state index contributed by atoms with van der Waals surface area (Å²) in [5.41, 5.74) is 6.21. The van der Waals surface area contributed by atoms with Crippen LogP contribution in [0.2, 0.25) is 0 Å². The quantitative estimate of drug-likeness (QED) is 0.315. The number of rotatable bonds is 5. The molecule has 10 nitrogen and oxygen atoms in total. The van der Waals surface area contributed by atoms with E-state index < -0.39 is 36.3 Å². The van der Waals surface area contributed by atoms with Crippen LogP contribution in [0, 0.1) is 11.8 Å². The van der Waals surface area contributed by atoms with Crippen molar-refractivity contribution in [3.63, 3.8) is 0 Å². The standard InChI is InChI=1S/C29H43FN4O6/c1-18(2)27-20(4)10-11-25(36)32-13-7-8-19(3)14-22(35)15-21(30)16-26-33-24(17-39-26)28(37)34-23(29(38)40-27)9-5-6-12-31/h7-8,10-11,14,17-18,20-23,27,35H,5-6,9,12-13,15-16,31H2,1-4H3,(H,32,36)(H,34,37)/b8-7?,11-10+,19-14?. The minimum absolute atomic E-state index is 0.00215. The molecule has 0 spiro atoms. The normalized spacial score (nSPS) is 26.9. The predicted molar refractivity (Wildman–Crippen MR) is 149 cm³/mol. The molecule has 222 valence electrons. The Morgan fingerprint density at radius 1 is 1.23 bits per heavy atom. The Bertz CT molecular complexity index is 1070. The summed E-state index contributed by atoms with van der Waals surface area (Å²) in [5.74, 6) is -1.94. The molecular weight excluding hydrogens is 519 g/mol. The van der Waals surface area contributed by atoms with E-state index in [4.69, 9.17) is 14.9 Å². The lowest BCUT2D eigenvalue weighted by Crippen LogP contribution is -2.44. The van der Waals surface area contributed by atoms with Gasteiger partial charge in [0.25, 0.3) is 5.91 Å². The van der Waals surface area contributed by atoms with E-state index in [1.54, 1.807) is 25.2 Å². The maximum atomic E-state index is 14.6. The molecule has 11 heteroatoms. The first-order valence-corrected chi connectivity index (χ1v) is 13.8. The number of unbranched alkanes of at least 4 members (excludes halogenated alkanes) is 1. The Kier molecular flexibility index (Phi) is 13.7. The number of cyclic esters (lactones) is 1. The lowest BCUT2D eigenvalue weighted by Gasteiger charge is -2.28. The second-order valence-corrected chi connectivity index (χ2v) is 10.5. The number of aliphatic hydroxyl groups excluding tert-OH is 1. The smallest absolute Gasteiger partial charge is 0.328 e. The summed E-state index contributed by atoms with van der Waals surface area (Å²) in [4.78, 5) is 42.5. The van der Waals surface area contributed by atoms with Gasteiger partial charge in [-0.1, -0.05) is 50.6 Å². The third-order valence-corrected chi connectivity index (χ3v) is 6.42. The number of aromatic nitrogens is 1. The van der Waals surface area contributed by atoms with Crippen molar-refractivity contribution in [3.05, 3.63) is 53.8 Å². The molecule has 0 aliphatic carbocycles. The van der Waals surface area contributed by atoms with Crippen molar-refractivity contribution in [2.24, 2.45) is 17.6 Å². The van der Waals surface area contributed by atoms with Gasteiger partial charge in [0, 0.05) is 18.9 Å². The van der Waals surface area contributed by atoms with Gasteiger partial charge in [-0.15, -0.1) is 0 Å². The van der Waals surface area contributed by atoms with Gasteiger partial charge in [-0.25, -0.2) is 14.2 Å². The number of allylic oxidation sites excluding steroid dienone is 2. The maximum Gasteiger partial charge on any atom is 0.328 e. The van der Waals surface area contributed by atoms with Crippen LogP contribution in [0.25, 0.3) is 0 Å². The number of alkyl halides is 1. The van der Waals surface area contributed by atoms with Gasteiger partial charge < -0.3 is 30.6 Å². The number of hydrogen-bond acceptors (Lipinski definition) is 8. The minimum Gasteiger partial charge on any atom is -0.460 e. The van der Waals surface area contributed by atoms with Crippen LogP contribution < -0.4 is 16.4 Å². The number of carbonyl (C=O) groups excluding carboxylic acids is 3. The van der Waals surface area contributed by atoms with Gasteiger partial charge in [-0.2, -0.15) is 0 Å². The molecule has 1 aromatic rings. The summed E-state index contributed by atoms with van der Waals surface area (Å²) < 4.78 is 25.7. The number of nitrogens with zero attached hydrogens (tertiary/aromatic N) is 1. The number of halogens is 1. The van der Waals surface area contributed by atoms with Crippen LogP contribution in [0.4, 0.5) is 4.39 Å². The average molecular weight is 563 g/mol. The average Bonchev–Trinajstić information content (AvgIpc) is 3.35. The molecule has 2 rings (SSSR count). The van der Waals surface area contributed by atoms with E-state index in [2.05, 4.69) is 15.6 Å². The highest BCUT2D eigenvalue weighted by molar-refractivity contribution is 5.95. The number of esters is 1. The third-order valence-electron chi connectivity index (χ3n) is 6.42. The number of hydrogen-bond donors (Lipinski definition) is 4. The highest BCUT2D eigenvalue weighted by Crippen LogP contribution is 2.20. The van der Waals surface area contributed by atoms with Gasteiger partial charge in [0.05, 0.1) is 12.5 Å². The Morgan fingerprint density at radius 2 is 1.98 bits per heavy atom. The molecule has 5 N–H and O–H groups in total. The summed E-state index contributed by atoms with van der Waals surface area (Å²) in [6, 6.07) is -0.965. The summed E-state index contributed by atoms with van der Waals surface area (Å²) >= 11 is 0. The topological polar surface area (TPSA) is 157 Å². The SMILES string of the molecule is CC1=CC(O)CC(F)Cc2nc(co2)C(=O)NC(CCCCN)C(=O)OC(C(C)C)C(C)/C=C/C(=O)NCC=C1. The van der Waals surface area contributed by atoms with Gasteiger partial charge in [0.2, 0.25) is 5.91 Å². The first kappa shape index (κ1) is 32.9. The van der Waals surface area contributed by atoms with Crippen LogP contribution >= 0.6 is 0 Å². The number of nitrogens with one attached hydrogen (secondary N) is 2. The highest BCUT2D eigenvalue weighted by atomic mass is 19.1. The van der Waals surface area contributed by atoms with Crippen LogP contribution in [0.1, 0.15) is 69.8 Å². The van der Waals surface area contributed by atoms with Crippen LogP contribution in [-0.4, -0.2) is 65.4 Å². The van der Waals surface area contributed by atoms with Crippen molar-refractivity contribution in [2.75, 3.05) is 13.1 Å². The first-order valence-electron chi connectivity index (χ1n) is 13.8. The number of amides is 2. The number of nitrogens with two attached hydrogens (primary N) is 1. The van der Waals surface area contributed by atoms with E-state index in [1.807, 2.05) is 20.8 Å². The van der Waals surface area contributed by atoms with E-state index in [-0.39, 0.29) is 48.7 Å². The molecule has 0 radical (unpaired) electrons. The monoisotopic (exact) mass is 562 g/mol. The Labute approximate surface area is 235 Å². The molecule has 1 aromatic heterocycles. The van der Waals surface area contributed by atoms with E-state index in [9.17, 15) is 23.9 Å². The molecule has 5 unspecified atom stereocenters. The predicted octanol–water partition coefficient (Wildman–Crippen LogP) is 2.93. The molecule has 2 bridgehead atoms. The Morgan fingerprint density at radius 3 is 2.67 bits per heavy atom. The van der Waals surface area contributed by atoms with Crippen molar-refractivity contribution >= 4 is 17.8 Å². The van der Waals surface area contributed by atoms with Gasteiger partial charge in [0.15, 0.2) is 11.6 Å². The fraction of sp³-hybridized carbons (Fsp3) is 0.586. The third kappa shape index (κ3) is 11.4. The second-order valence-electron chi connectivity index (χ2n) is 10.5. The minimum atomic E-state index is -1.47. The van der Waals surface area contributed by atoms with Crippen LogP contribution in [0.15, 0.2) is 46.6 Å². The molecule has 1 aliphatic heterocycles. The molecule has 2 amide bonds. The fourth-order valence-electron chi connectivity index (χ4n) is 4.32. The highest BCUT2D eigenvalue weighted by Gasteiger charge is 2.30. The van der Waals surface area contributed by atoms with Crippen molar-refractivity contribution in [2.45, 2.75) is 84.2 Å². The number of ether oxygens (including phenoxy) is 1. The molecule has 0 saturated carbocycles. The molecule has 1 aliphatic rings. The van der Waals surface area contributed by atoms with Crippen molar-refractivity contribution in [3.8, 4) is 0 Å². The van der Waals surface area contributed by atoms with Crippen molar-refractivity contribution in [1.82, 2.24) is 15.6 Å². The van der Waals surface area contributed by atoms with Gasteiger partial charge in [-0.05, 0) is 44.7 Å². The number of oxazole rings is 1. The molecule has 5 atom stereocenters.